The minimum Gasteiger partial charge on any atom is -0.496 e. The molecule has 0 saturated carbocycles. The highest BCUT2D eigenvalue weighted by Crippen LogP contribution is 2.40. The maximum atomic E-state index is 13.6. The lowest BCUT2D eigenvalue weighted by Gasteiger charge is -2.23. The summed E-state index contributed by atoms with van der Waals surface area (Å²) in [4.78, 5) is 40.9. The molecule has 1 aromatic heterocycles. The molecule has 0 radical (unpaired) electrons. The summed E-state index contributed by atoms with van der Waals surface area (Å²) in [6.45, 7) is 0. The summed E-state index contributed by atoms with van der Waals surface area (Å²) in [5, 5.41) is 16.3. The van der Waals surface area contributed by atoms with E-state index >= 15 is 0 Å². The van der Waals surface area contributed by atoms with Crippen LogP contribution in [-0.2, 0) is 9.59 Å². The van der Waals surface area contributed by atoms with Crippen LogP contribution < -0.4 is 10.3 Å². The molecule has 8 nitrogen and oxygen atoms in total. The largest absolute Gasteiger partial charge is 0.496 e. The lowest BCUT2D eigenvalue weighted by Crippen LogP contribution is -2.27. The van der Waals surface area contributed by atoms with Crippen LogP contribution in [0.15, 0.2) is 82.7 Å². The molecule has 1 aliphatic heterocycles. The Bertz CT molecular complexity index is 1630. The molecule has 38 heavy (non-hydrogen) atoms. The summed E-state index contributed by atoms with van der Waals surface area (Å²) in [7, 11) is 1.54. The number of aliphatic carboxylic acids is 1. The third kappa shape index (κ3) is 4.78. The standard InChI is InChI=1S/C29H24ClN3O5/c1-38-24-10-6-5-9-19(24)23-16-22(32-33(23)25(34)13-14-26(35)36)28-27(17-7-3-2-4-8-17)20-15-18(30)11-12-21(20)31-29(28)37/h2-12,15,23H,13-14,16H2,1H3,(H,31,37)(H,35,36)/t23-/m0/s1. The number of aromatic nitrogens is 1. The number of aromatic amines is 1. The minimum absolute atomic E-state index is 0.229. The van der Waals surface area contributed by atoms with Gasteiger partial charge in [0.15, 0.2) is 0 Å². The van der Waals surface area contributed by atoms with Gasteiger partial charge in [0.1, 0.15) is 5.75 Å². The van der Waals surface area contributed by atoms with Crippen molar-refractivity contribution in [3.8, 4) is 16.9 Å². The number of pyridine rings is 1. The number of carboxylic acid groups (broad SMARTS) is 1. The average Bonchev–Trinajstić information content (AvgIpc) is 3.36. The van der Waals surface area contributed by atoms with E-state index in [4.69, 9.17) is 21.4 Å². The number of para-hydroxylation sites is 1. The predicted molar refractivity (Wildman–Crippen MR) is 146 cm³/mol. The average molecular weight is 530 g/mol. The van der Waals surface area contributed by atoms with Gasteiger partial charge in [0.05, 0.1) is 30.8 Å². The van der Waals surface area contributed by atoms with E-state index in [0.29, 0.717) is 38.7 Å². The summed E-state index contributed by atoms with van der Waals surface area (Å²) in [6.07, 6.45) is -0.329. The molecule has 0 bridgehead atoms. The highest BCUT2D eigenvalue weighted by molar-refractivity contribution is 6.31. The fourth-order valence-electron chi connectivity index (χ4n) is 4.85. The summed E-state index contributed by atoms with van der Waals surface area (Å²) in [6, 6.07) is 21.4. The van der Waals surface area contributed by atoms with Gasteiger partial charge in [0.25, 0.3) is 5.56 Å². The molecule has 9 heteroatoms. The maximum absolute atomic E-state index is 13.6. The van der Waals surface area contributed by atoms with E-state index in [-0.39, 0.29) is 24.8 Å². The molecule has 1 amide bonds. The highest BCUT2D eigenvalue weighted by Gasteiger charge is 2.36. The van der Waals surface area contributed by atoms with Crippen molar-refractivity contribution >= 4 is 40.1 Å². The number of benzene rings is 3. The number of hydrazone groups is 1. The van der Waals surface area contributed by atoms with Crippen LogP contribution in [0.5, 0.6) is 5.75 Å². The predicted octanol–water partition coefficient (Wildman–Crippen LogP) is 5.40. The first-order chi connectivity index (χ1) is 18.4. The van der Waals surface area contributed by atoms with Crippen molar-refractivity contribution in [1.82, 2.24) is 9.99 Å². The van der Waals surface area contributed by atoms with Gasteiger partial charge in [0, 0.05) is 39.9 Å². The lowest BCUT2D eigenvalue weighted by molar-refractivity contribution is -0.141. The van der Waals surface area contributed by atoms with Crippen LogP contribution >= 0.6 is 11.6 Å². The Morgan fingerprint density at radius 1 is 1.05 bits per heavy atom. The molecule has 4 aromatic rings. The Morgan fingerprint density at radius 3 is 2.53 bits per heavy atom. The molecule has 192 valence electrons. The monoisotopic (exact) mass is 529 g/mol. The zero-order valence-corrected chi connectivity index (χ0v) is 21.2. The molecule has 2 heterocycles. The van der Waals surface area contributed by atoms with Gasteiger partial charge in [-0.1, -0.05) is 60.1 Å². The molecule has 2 N–H and O–H groups in total. The normalized spacial score (nSPS) is 14.9. The first kappa shape index (κ1) is 25.2. The van der Waals surface area contributed by atoms with Crippen LogP contribution in [-0.4, -0.2) is 39.8 Å². The van der Waals surface area contributed by atoms with Crippen molar-refractivity contribution in [1.29, 1.82) is 0 Å². The zero-order valence-electron chi connectivity index (χ0n) is 20.5. The van der Waals surface area contributed by atoms with E-state index in [1.807, 2.05) is 48.5 Å². The second kappa shape index (κ2) is 10.5. The van der Waals surface area contributed by atoms with Crippen molar-refractivity contribution in [3.05, 3.63) is 99.3 Å². The molecule has 1 aliphatic rings. The smallest absolute Gasteiger partial charge is 0.303 e. The summed E-state index contributed by atoms with van der Waals surface area (Å²) >= 11 is 6.35. The van der Waals surface area contributed by atoms with E-state index in [0.717, 1.165) is 10.9 Å². The zero-order chi connectivity index (χ0) is 26.8. The van der Waals surface area contributed by atoms with E-state index in [1.54, 1.807) is 24.3 Å². The van der Waals surface area contributed by atoms with Crippen molar-refractivity contribution in [2.75, 3.05) is 7.11 Å². The van der Waals surface area contributed by atoms with E-state index in [2.05, 4.69) is 10.1 Å². The SMILES string of the molecule is COc1ccccc1[C@@H]1CC(c2c(-c3ccccc3)c3cc(Cl)ccc3[nH]c2=O)=NN1C(=O)CCC(=O)O. The number of carbonyl (C=O) groups excluding carboxylic acids is 1. The number of halogens is 1. The van der Waals surface area contributed by atoms with Crippen LogP contribution in [0.2, 0.25) is 5.02 Å². The minimum atomic E-state index is -1.08. The molecular weight excluding hydrogens is 506 g/mol. The number of carbonyl (C=O) groups is 2. The number of nitrogens with zero attached hydrogens (tertiary/aromatic N) is 2. The Kier molecular flexibility index (Phi) is 6.98. The van der Waals surface area contributed by atoms with Gasteiger partial charge >= 0.3 is 5.97 Å². The number of amides is 1. The van der Waals surface area contributed by atoms with Crippen molar-refractivity contribution in [2.45, 2.75) is 25.3 Å². The van der Waals surface area contributed by atoms with Crippen LogP contribution in [0.4, 0.5) is 0 Å². The number of hydrogen-bond acceptors (Lipinski definition) is 5. The highest BCUT2D eigenvalue weighted by atomic mass is 35.5. The molecule has 3 aromatic carbocycles. The number of methoxy groups -OCH3 is 1. The van der Waals surface area contributed by atoms with Crippen LogP contribution in [0.1, 0.15) is 36.4 Å². The Labute approximate surface area is 223 Å². The second-order valence-electron chi connectivity index (χ2n) is 8.90. The maximum Gasteiger partial charge on any atom is 0.303 e. The van der Waals surface area contributed by atoms with Gasteiger partial charge in [-0.05, 0) is 29.8 Å². The molecule has 0 aliphatic carbocycles. The summed E-state index contributed by atoms with van der Waals surface area (Å²) < 4.78 is 5.55. The molecule has 0 saturated heterocycles. The first-order valence-electron chi connectivity index (χ1n) is 12.0. The van der Waals surface area contributed by atoms with Gasteiger partial charge in [-0.15, -0.1) is 0 Å². The topological polar surface area (TPSA) is 112 Å². The molecule has 0 unspecified atom stereocenters. The Morgan fingerprint density at radius 2 is 1.79 bits per heavy atom. The van der Waals surface area contributed by atoms with Gasteiger partial charge in [-0.2, -0.15) is 5.10 Å². The van der Waals surface area contributed by atoms with E-state index in [9.17, 15) is 14.4 Å². The molecule has 5 rings (SSSR count). The number of rotatable bonds is 7. The van der Waals surface area contributed by atoms with Crippen molar-refractivity contribution in [3.63, 3.8) is 0 Å². The van der Waals surface area contributed by atoms with Crippen LogP contribution in [0.3, 0.4) is 0 Å². The van der Waals surface area contributed by atoms with E-state index in [1.165, 1.54) is 12.1 Å². The fourth-order valence-corrected chi connectivity index (χ4v) is 5.02. The quantitative estimate of drug-likeness (QED) is 0.333. The molecule has 1 atom stereocenters. The van der Waals surface area contributed by atoms with Crippen molar-refractivity contribution in [2.24, 2.45) is 5.10 Å². The number of H-pyrrole nitrogens is 1. The number of hydrogen-bond donors (Lipinski definition) is 2. The van der Waals surface area contributed by atoms with Gasteiger partial charge in [0.2, 0.25) is 5.91 Å². The summed E-state index contributed by atoms with van der Waals surface area (Å²) in [5.74, 6) is -0.975. The second-order valence-corrected chi connectivity index (χ2v) is 9.34. The third-order valence-corrected chi connectivity index (χ3v) is 6.78. The number of ether oxygens (including phenoxy) is 1. The van der Waals surface area contributed by atoms with Crippen molar-refractivity contribution < 1.29 is 19.4 Å². The number of fused-ring (bicyclic) bond motifs is 1. The van der Waals surface area contributed by atoms with Crippen LogP contribution in [0, 0.1) is 0 Å². The molecule has 0 fully saturated rings. The van der Waals surface area contributed by atoms with E-state index < -0.39 is 17.9 Å². The number of nitrogens with one attached hydrogen (secondary N) is 1. The summed E-state index contributed by atoms with van der Waals surface area (Å²) in [5.41, 5.74) is 3.18. The third-order valence-electron chi connectivity index (χ3n) is 6.54. The van der Waals surface area contributed by atoms with Gasteiger partial charge < -0.3 is 14.8 Å². The molecule has 0 spiro atoms. The molecular formula is C29H24ClN3O5. The Hall–Kier alpha value is -4.43. The van der Waals surface area contributed by atoms with Gasteiger partial charge in [-0.25, -0.2) is 5.01 Å². The van der Waals surface area contributed by atoms with Gasteiger partial charge in [-0.3, -0.25) is 14.4 Å². The number of carboxylic acids is 1. The lowest BCUT2D eigenvalue weighted by atomic mass is 9.91. The van der Waals surface area contributed by atoms with Crippen LogP contribution in [0.25, 0.3) is 22.0 Å². The fraction of sp³-hybridized carbons (Fsp3) is 0.172. The Balaban J connectivity index is 1.71. The first-order valence-corrected chi connectivity index (χ1v) is 12.4.